The molecule has 2 N–H and O–H groups in total. The van der Waals surface area contributed by atoms with Crippen LogP contribution in [0.25, 0.3) is 0 Å². The van der Waals surface area contributed by atoms with E-state index >= 15 is 0 Å². The molecule has 0 aliphatic carbocycles. The number of amides is 1. The summed E-state index contributed by atoms with van der Waals surface area (Å²) in [6.07, 6.45) is -3.14. The zero-order valence-corrected chi connectivity index (χ0v) is 14.8. The van der Waals surface area contributed by atoms with Crippen molar-refractivity contribution in [2.45, 2.75) is 19.1 Å². The van der Waals surface area contributed by atoms with Gasteiger partial charge in [-0.15, -0.1) is 0 Å². The van der Waals surface area contributed by atoms with E-state index in [9.17, 15) is 18.0 Å². The fraction of sp³-hybridized carbons (Fsp3) is 0.500. The number of rotatable bonds is 3. The summed E-state index contributed by atoms with van der Waals surface area (Å²) in [6, 6.07) is 0.859. The fourth-order valence-corrected chi connectivity index (χ4v) is 3.04. The summed E-state index contributed by atoms with van der Waals surface area (Å²) in [4.78, 5) is 19.7. The van der Waals surface area contributed by atoms with Crippen molar-refractivity contribution in [3.63, 3.8) is 0 Å². The third-order valence-corrected chi connectivity index (χ3v) is 4.42. The van der Waals surface area contributed by atoms with Gasteiger partial charge in [0.25, 0.3) is 0 Å². The summed E-state index contributed by atoms with van der Waals surface area (Å²) >= 11 is 6.01. The van der Waals surface area contributed by atoms with Crippen molar-refractivity contribution in [2.24, 2.45) is 0 Å². The highest BCUT2D eigenvalue weighted by atomic mass is 35.5. The van der Waals surface area contributed by atoms with Gasteiger partial charge in [-0.2, -0.15) is 13.2 Å². The van der Waals surface area contributed by atoms with Crippen molar-refractivity contribution < 1.29 is 18.0 Å². The highest BCUT2D eigenvalue weighted by Gasteiger charge is 2.32. The largest absolute Gasteiger partial charge is 0.417 e. The predicted molar refractivity (Wildman–Crippen MR) is 89.9 cm³/mol. The molecular formula is C14H16ClF3N8O. The van der Waals surface area contributed by atoms with E-state index in [0.717, 1.165) is 12.3 Å². The molecule has 0 saturated carbocycles. The van der Waals surface area contributed by atoms with Crippen LogP contribution in [0.3, 0.4) is 0 Å². The number of halogens is 4. The Morgan fingerprint density at radius 1 is 1.26 bits per heavy atom. The van der Waals surface area contributed by atoms with Crippen molar-refractivity contribution in [3.8, 4) is 0 Å². The van der Waals surface area contributed by atoms with Crippen LogP contribution in [-0.2, 0) is 17.5 Å². The van der Waals surface area contributed by atoms with Crippen molar-refractivity contribution in [1.29, 1.82) is 0 Å². The Kier molecular flexibility index (Phi) is 5.35. The maximum atomic E-state index is 12.7. The number of pyridine rings is 1. The Balaban J connectivity index is 1.66. The predicted octanol–water partition coefficient (Wildman–Crippen LogP) is 1.06. The third-order valence-electron chi connectivity index (χ3n) is 4.14. The number of carbonyl (C=O) groups is 1. The molecule has 13 heteroatoms. The molecule has 0 bridgehead atoms. The van der Waals surface area contributed by atoms with Crippen molar-refractivity contribution in [3.05, 3.63) is 22.8 Å². The molecule has 1 aliphatic heterocycles. The van der Waals surface area contributed by atoms with Gasteiger partial charge < -0.3 is 15.5 Å². The number of tetrazole rings is 1. The van der Waals surface area contributed by atoms with Crippen LogP contribution >= 0.6 is 11.6 Å². The Bertz CT molecular complexity index is 827. The maximum absolute atomic E-state index is 12.7. The topological polar surface area (TPSA) is 106 Å². The lowest BCUT2D eigenvalue weighted by Gasteiger charge is -2.24. The quantitative estimate of drug-likeness (QED) is 0.815. The van der Waals surface area contributed by atoms with Crippen LogP contribution in [0.15, 0.2) is 12.3 Å². The van der Waals surface area contributed by atoms with E-state index in [1.54, 1.807) is 9.80 Å². The van der Waals surface area contributed by atoms with Crippen LogP contribution in [0.4, 0.5) is 24.9 Å². The van der Waals surface area contributed by atoms with Crippen LogP contribution in [-0.4, -0.2) is 62.2 Å². The van der Waals surface area contributed by atoms with Crippen molar-refractivity contribution >= 4 is 29.3 Å². The number of nitrogens with zero attached hydrogens (tertiary/aromatic N) is 7. The first-order valence-corrected chi connectivity index (χ1v) is 8.40. The Morgan fingerprint density at radius 3 is 2.67 bits per heavy atom. The molecule has 3 rings (SSSR count). The second kappa shape index (κ2) is 7.55. The summed E-state index contributed by atoms with van der Waals surface area (Å²) in [5, 5.41) is 10.4. The molecule has 2 aromatic rings. The summed E-state index contributed by atoms with van der Waals surface area (Å²) in [6.45, 7) is 1.65. The standard InChI is InChI=1S/C14H16ClF3N8O/c15-10-6-9(14(16,17)18)7-20-12(10)25-3-1-2-24(4-5-25)11(27)8-26-13(19)21-22-23-26/h6-7H,1-5,8H2,(H2,19,21,23). The normalized spacial score (nSPS) is 15.7. The minimum atomic E-state index is -4.50. The first-order valence-electron chi connectivity index (χ1n) is 8.03. The van der Waals surface area contributed by atoms with Crippen LogP contribution in [0.2, 0.25) is 5.02 Å². The monoisotopic (exact) mass is 404 g/mol. The molecule has 0 aromatic carbocycles. The summed E-state index contributed by atoms with van der Waals surface area (Å²) in [5.74, 6) is 0.103. The van der Waals surface area contributed by atoms with Crippen molar-refractivity contribution in [2.75, 3.05) is 36.8 Å². The molecular weight excluding hydrogens is 389 g/mol. The number of hydrogen-bond donors (Lipinski definition) is 1. The Morgan fingerprint density at radius 2 is 2.04 bits per heavy atom. The molecule has 3 heterocycles. The Hall–Kier alpha value is -2.63. The lowest BCUT2D eigenvalue weighted by Crippen LogP contribution is -2.37. The van der Waals surface area contributed by atoms with Gasteiger partial charge in [0.2, 0.25) is 11.9 Å². The zero-order valence-electron chi connectivity index (χ0n) is 14.0. The smallest absolute Gasteiger partial charge is 0.367 e. The zero-order chi connectivity index (χ0) is 19.6. The second-order valence-corrected chi connectivity index (χ2v) is 6.35. The van der Waals surface area contributed by atoms with E-state index in [2.05, 4.69) is 20.5 Å². The minimum absolute atomic E-state index is 0.0422. The molecule has 0 atom stereocenters. The van der Waals surface area contributed by atoms with E-state index in [1.165, 1.54) is 4.68 Å². The third kappa shape index (κ3) is 4.38. The van der Waals surface area contributed by atoms with E-state index in [4.69, 9.17) is 17.3 Å². The SMILES string of the molecule is Nc1nnnn1CC(=O)N1CCCN(c2ncc(C(F)(F)F)cc2Cl)CC1. The van der Waals surface area contributed by atoms with Gasteiger partial charge in [-0.25, -0.2) is 9.67 Å². The van der Waals surface area contributed by atoms with Gasteiger partial charge in [0.15, 0.2) is 0 Å². The van der Waals surface area contributed by atoms with E-state index in [-0.39, 0.29) is 29.2 Å². The van der Waals surface area contributed by atoms with Gasteiger partial charge in [-0.3, -0.25) is 4.79 Å². The highest BCUT2D eigenvalue weighted by Crippen LogP contribution is 2.33. The molecule has 9 nitrogen and oxygen atoms in total. The number of nitrogen functional groups attached to an aromatic ring is 1. The van der Waals surface area contributed by atoms with Crippen LogP contribution < -0.4 is 10.6 Å². The summed E-state index contributed by atoms with van der Waals surface area (Å²) in [7, 11) is 0. The van der Waals surface area contributed by atoms with Crippen LogP contribution in [0.5, 0.6) is 0 Å². The number of anilines is 2. The van der Waals surface area contributed by atoms with Gasteiger partial charge in [0.05, 0.1) is 10.6 Å². The molecule has 1 fully saturated rings. The van der Waals surface area contributed by atoms with Crippen LogP contribution in [0.1, 0.15) is 12.0 Å². The molecule has 146 valence electrons. The maximum Gasteiger partial charge on any atom is 0.417 e. The van der Waals surface area contributed by atoms with Gasteiger partial charge >= 0.3 is 6.18 Å². The molecule has 0 spiro atoms. The van der Waals surface area contributed by atoms with E-state index in [0.29, 0.717) is 32.6 Å². The van der Waals surface area contributed by atoms with Gasteiger partial charge in [0.1, 0.15) is 12.4 Å². The average molecular weight is 405 g/mol. The lowest BCUT2D eigenvalue weighted by atomic mass is 10.2. The lowest BCUT2D eigenvalue weighted by molar-refractivity contribution is -0.137. The highest BCUT2D eigenvalue weighted by molar-refractivity contribution is 6.33. The number of carbonyl (C=O) groups excluding carboxylic acids is 1. The first kappa shape index (κ1) is 19.1. The van der Waals surface area contributed by atoms with Gasteiger partial charge in [0, 0.05) is 32.4 Å². The number of alkyl halides is 3. The molecule has 0 radical (unpaired) electrons. The Labute approximate surface area is 156 Å². The fourth-order valence-electron chi connectivity index (χ4n) is 2.75. The van der Waals surface area contributed by atoms with E-state index in [1.807, 2.05) is 0 Å². The first-order chi connectivity index (χ1) is 12.8. The van der Waals surface area contributed by atoms with Gasteiger partial charge in [-0.05, 0) is 22.9 Å². The summed E-state index contributed by atoms with van der Waals surface area (Å²) in [5.41, 5.74) is 4.65. The molecule has 1 amide bonds. The van der Waals surface area contributed by atoms with E-state index < -0.39 is 11.7 Å². The molecule has 27 heavy (non-hydrogen) atoms. The molecule has 2 aromatic heterocycles. The van der Waals surface area contributed by atoms with Gasteiger partial charge in [-0.1, -0.05) is 16.7 Å². The molecule has 0 unspecified atom stereocenters. The average Bonchev–Trinajstić information content (AvgIpc) is 2.85. The second-order valence-electron chi connectivity index (χ2n) is 5.94. The molecule has 1 saturated heterocycles. The van der Waals surface area contributed by atoms with Crippen LogP contribution in [0, 0.1) is 0 Å². The summed E-state index contributed by atoms with van der Waals surface area (Å²) < 4.78 is 39.4. The molecule has 1 aliphatic rings. The minimum Gasteiger partial charge on any atom is -0.367 e. The number of hydrogen-bond acceptors (Lipinski definition) is 7. The number of aromatic nitrogens is 5. The number of nitrogens with two attached hydrogens (primary N) is 1. The van der Waals surface area contributed by atoms with Crippen molar-refractivity contribution in [1.82, 2.24) is 30.1 Å².